The van der Waals surface area contributed by atoms with Gasteiger partial charge in [0.2, 0.25) is 5.91 Å². The van der Waals surface area contributed by atoms with E-state index in [4.69, 9.17) is 4.74 Å². The third kappa shape index (κ3) is 6.13. The molecule has 0 bridgehead atoms. The van der Waals surface area contributed by atoms with Crippen LogP contribution in [0.15, 0.2) is 36.4 Å². The van der Waals surface area contributed by atoms with Crippen LogP contribution in [0.3, 0.4) is 0 Å². The molecule has 0 aliphatic carbocycles. The Labute approximate surface area is 183 Å². The number of rotatable bonds is 7. The van der Waals surface area contributed by atoms with Gasteiger partial charge in [0.1, 0.15) is 11.6 Å². The summed E-state index contributed by atoms with van der Waals surface area (Å²) in [5.74, 6) is 1.72. The largest absolute Gasteiger partial charge is 0.494 e. The highest BCUT2D eigenvalue weighted by Gasteiger charge is 2.14. The van der Waals surface area contributed by atoms with Gasteiger partial charge in [-0.15, -0.1) is 0 Å². The molecule has 2 aromatic heterocycles. The molecular weight excluding hydrogens is 390 g/mol. The smallest absolute Gasteiger partial charge is 0.252 e. The van der Waals surface area contributed by atoms with Crippen LogP contribution in [0.1, 0.15) is 56.3 Å². The predicted octanol–water partition coefficient (Wildman–Crippen LogP) is 4.68. The van der Waals surface area contributed by atoms with Crippen molar-refractivity contribution in [3.8, 4) is 11.7 Å². The quantitative estimate of drug-likeness (QED) is 0.560. The summed E-state index contributed by atoms with van der Waals surface area (Å²) in [6.45, 7) is 12.7. The second-order valence-corrected chi connectivity index (χ2v) is 8.81. The zero-order chi connectivity index (χ0) is 22.6. The Hall–Kier alpha value is -3.22. The molecule has 0 unspecified atom stereocenters. The molecule has 0 aliphatic rings. The van der Waals surface area contributed by atoms with E-state index in [1.54, 1.807) is 4.68 Å². The monoisotopic (exact) mass is 421 g/mol. The molecule has 1 N–H and O–H groups in total. The Kier molecular flexibility index (Phi) is 6.73. The minimum atomic E-state index is -0.0998. The molecule has 2 heterocycles. The minimum Gasteiger partial charge on any atom is -0.494 e. The van der Waals surface area contributed by atoms with Gasteiger partial charge in [-0.25, -0.2) is 9.97 Å². The van der Waals surface area contributed by atoms with Gasteiger partial charge in [-0.1, -0.05) is 32.9 Å². The fourth-order valence-corrected chi connectivity index (χ4v) is 3.22. The summed E-state index contributed by atoms with van der Waals surface area (Å²) in [4.78, 5) is 21.3. The molecular formula is C24H31N5O2. The average molecular weight is 422 g/mol. The highest BCUT2D eigenvalue weighted by atomic mass is 16.5. The number of hydrogen-bond donors (Lipinski definition) is 1. The summed E-state index contributed by atoms with van der Waals surface area (Å²) in [5.41, 5.74) is 3.85. The SMILES string of the molecule is Cc1cc(C)nc(-n2nc(C)cc2NC(=O)CCCOc2ccc(C(C)(C)C)cc2)n1. The maximum Gasteiger partial charge on any atom is 0.252 e. The van der Waals surface area contributed by atoms with E-state index in [2.05, 4.69) is 53.3 Å². The lowest BCUT2D eigenvalue weighted by atomic mass is 9.87. The normalized spacial score (nSPS) is 11.4. The van der Waals surface area contributed by atoms with Crippen LogP contribution in [0.5, 0.6) is 5.75 Å². The van der Waals surface area contributed by atoms with Gasteiger partial charge in [-0.2, -0.15) is 9.78 Å². The van der Waals surface area contributed by atoms with Gasteiger partial charge in [0.25, 0.3) is 5.95 Å². The first kappa shape index (κ1) is 22.5. The Morgan fingerprint density at radius 2 is 1.65 bits per heavy atom. The lowest BCUT2D eigenvalue weighted by Gasteiger charge is -2.19. The Morgan fingerprint density at radius 3 is 2.26 bits per heavy atom. The van der Waals surface area contributed by atoms with Gasteiger partial charge >= 0.3 is 0 Å². The van der Waals surface area contributed by atoms with Crippen LogP contribution in [0.2, 0.25) is 0 Å². The maximum atomic E-state index is 12.5. The predicted molar refractivity (Wildman–Crippen MR) is 122 cm³/mol. The molecule has 7 nitrogen and oxygen atoms in total. The first-order valence-corrected chi connectivity index (χ1v) is 10.5. The third-order valence-corrected chi connectivity index (χ3v) is 4.80. The Morgan fingerprint density at radius 1 is 1.00 bits per heavy atom. The first-order chi connectivity index (χ1) is 14.6. The van der Waals surface area contributed by atoms with Crippen molar-refractivity contribution >= 4 is 11.7 Å². The first-order valence-electron chi connectivity index (χ1n) is 10.5. The van der Waals surface area contributed by atoms with Crippen molar-refractivity contribution in [2.24, 2.45) is 0 Å². The molecule has 3 rings (SSSR count). The van der Waals surface area contributed by atoms with Crippen LogP contribution in [0.4, 0.5) is 5.82 Å². The molecule has 0 fully saturated rings. The van der Waals surface area contributed by atoms with E-state index in [0.29, 0.717) is 31.2 Å². The molecule has 31 heavy (non-hydrogen) atoms. The number of hydrogen-bond acceptors (Lipinski definition) is 5. The molecule has 164 valence electrons. The summed E-state index contributed by atoms with van der Waals surface area (Å²) in [7, 11) is 0. The van der Waals surface area contributed by atoms with Gasteiger partial charge in [0, 0.05) is 23.9 Å². The fourth-order valence-electron chi connectivity index (χ4n) is 3.22. The van der Waals surface area contributed by atoms with E-state index < -0.39 is 0 Å². The molecule has 0 radical (unpaired) electrons. The topological polar surface area (TPSA) is 81.9 Å². The molecule has 7 heteroatoms. The molecule has 0 aliphatic heterocycles. The van der Waals surface area contributed by atoms with Gasteiger partial charge in [-0.3, -0.25) is 4.79 Å². The molecule has 0 saturated carbocycles. The average Bonchev–Trinajstić information content (AvgIpc) is 3.04. The highest BCUT2D eigenvalue weighted by molar-refractivity contribution is 5.90. The summed E-state index contributed by atoms with van der Waals surface area (Å²) >= 11 is 0. The van der Waals surface area contributed by atoms with Crippen LogP contribution < -0.4 is 10.1 Å². The number of nitrogens with zero attached hydrogens (tertiary/aromatic N) is 4. The fraction of sp³-hybridized carbons (Fsp3) is 0.417. The van der Waals surface area contributed by atoms with Gasteiger partial charge in [0.05, 0.1) is 12.3 Å². The van der Waals surface area contributed by atoms with Crippen LogP contribution in [0.25, 0.3) is 5.95 Å². The van der Waals surface area contributed by atoms with Crippen molar-refractivity contribution < 1.29 is 9.53 Å². The zero-order valence-corrected chi connectivity index (χ0v) is 19.2. The highest BCUT2D eigenvalue weighted by Crippen LogP contribution is 2.24. The van der Waals surface area contributed by atoms with Crippen LogP contribution in [0, 0.1) is 20.8 Å². The number of carbonyl (C=O) groups is 1. The van der Waals surface area contributed by atoms with Crippen molar-refractivity contribution in [2.75, 3.05) is 11.9 Å². The second kappa shape index (κ2) is 9.29. The number of aryl methyl sites for hydroxylation is 3. The van der Waals surface area contributed by atoms with Crippen molar-refractivity contribution in [3.05, 3.63) is 59.0 Å². The molecule has 0 atom stereocenters. The van der Waals surface area contributed by atoms with Crippen molar-refractivity contribution in [3.63, 3.8) is 0 Å². The van der Waals surface area contributed by atoms with E-state index >= 15 is 0 Å². The lowest BCUT2D eigenvalue weighted by Crippen LogP contribution is -2.17. The number of anilines is 1. The van der Waals surface area contributed by atoms with E-state index in [9.17, 15) is 4.79 Å². The van der Waals surface area contributed by atoms with E-state index in [1.165, 1.54) is 5.56 Å². The van der Waals surface area contributed by atoms with Crippen LogP contribution in [-0.2, 0) is 10.2 Å². The van der Waals surface area contributed by atoms with E-state index in [0.717, 1.165) is 22.8 Å². The van der Waals surface area contributed by atoms with E-state index in [1.807, 2.05) is 45.0 Å². The number of ether oxygens (including phenoxy) is 1. The van der Waals surface area contributed by atoms with Crippen LogP contribution in [-0.4, -0.2) is 32.3 Å². The second-order valence-electron chi connectivity index (χ2n) is 8.81. The van der Waals surface area contributed by atoms with Gasteiger partial charge in [0.15, 0.2) is 0 Å². The summed E-state index contributed by atoms with van der Waals surface area (Å²) in [5, 5.41) is 7.35. The van der Waals surface area contributed by atoms with Crippen LogP contribution >= 0.6 is 0 Å². The Balaban J connectivity index is 1.54. The lowest BCUT2D eigenvalue weighted by molar-refractivity contribution is -0.116. The molecule has 1 aromatic carbocycles. The summed E-state index contributed by atoms with van der Waals surface area (Å²) in [6.07, 6.45) is 0.956. The summed E-state index contributed by atoms with van der Waals surface area (Å²) in [6, 6.07) is 11.8. The third-order valence-electron chi connectivity index (χ3n) is 4.80. The van der Waals surface area contributed by atoms with Gasteiger partial charge < -0.3 is 10.1 Å². The standard InChI is InChI=1S/C24H31N5O2/c1-16-14-17(2)26-23(25-16)29-21(15-18(3)28-29)27-22(30)8-7-13-31-20-11-9-19(10-12-20)24(4,5)6/h9-12,14-15H,7-8,13H2,1-6H3,(H,27,30). The number of nitrogens with one attached hydrogen (secondary N) is 1. The number of carbonyl (C=O) groups excluding carboxylic acids is 1. The number of amides is 1. The van der Waals surface area contributed by atoms with Crippen molar-refractivity contribution in [2.45, 2.75) is 59.8 Å². The van der Waals surface area contributed by atoms with Crippen molar-refractivity contribution in [1.82, 2.24) is 19.7 Å². The van der Waals surface area contributed by atoms with E-state index in [-0.39, 0.29) is 11.3 Å². The Bertz CT molecular complexity index is 1030. The number of aromatic nitrogens is 4. The minimum absolute atomic E-state index is 0.0998. The molecule has 3 aromatic rings. The molecule has 1 amide bonds. The van der Waals surface area contributed by atoms with Gasteiger partial charge in [-0.05, 0) is 56.4 Å². The maximum absolute atomic E-state index is 12.5. The number of benzene rings is 1. The molecule has 0 saturated heterocycles. The van der Waals surface area contributed by atoms with Crippen molar-refractivity contribution in [1.29, 1.82) is 0 Å². The summed E-state index contributed by atoms with van der Waals surface area (Å²) < 4.78 is 7.35. The molecule has 0 spiro atoms. The zero-order valence-electron chi connectivity index (χ0n) is 19.2.